The molecule has 33 heavy (non-hydrogen) atoms. The van der Waals surface area contributed by atoms with Crippen LogP contribution in [0.1, 0.15) is 29.8 Å². The van der Waals surface area contributed by atoms with E-state index in [4.69, 9.17) is 26.3 Å². The van der Waals surface area contributed by atoms with Gasteiger partial charge >= 0.3 is 5.97 Å². The number of rotatable bonds is 6. The van der Waals surface area contributed by atoms with Crippen LogP contribution in [0.5, 0.6) is 0 Å². The van der Waals surface area contributed by atoms with Gasteiger partial charge in [-0.15, -0.1) is 0 Å². The summed E-state index contributed by atoms with van der Waals surface area (Å²) in [5.74, 6) is -1.50. The third-order valence-electron chi connectivity index (χ3n) is 4.78. The standard InChI is InChI=1S/C22H22ClN3O6S/c1-14-11-26(12-15(2)32-14)33(29,30)20-9-17(6-7-19(20)23)22(28)31-13-21(27)25-18-5-3-4-16(8-18)10-24/h3-9,14-15H,11-13H2,1-2H3,(H,25,27). The van der Waals surface area contributed by atoms with Crippen molar-refractivity contribution in [3.63, 3.8) is 0 Å². The number of ether oxygens (including phenoxy) is 2. The van der Waals surface area contributed by atoms with Gasteiger partial charge in [-0.2, -0.15) is 9.57 Å². The number of benzene rings is 2. The highest BCUT2D eigenvalue weighted by molar-refractivity contribution is 7.89. The van der Waals surface area contributed by atoms with Gasteiger partial charge in [-0.3, -0.25) is 4.79 Å². The molecule has 2 atom stereocenters. The fraction of sp³-hybridized carbons (Fsp3) is 0.318. The van der Waals surface area contributed by atoms with E-state index in [1.54, 1.807) is 32.0 Å². The quantitative estimate of drug-likeness (QED) is 0.615. The minimum Gasteiger partial charge on any atom is -0.452 e. The molecule has 1 amide bonds. The highest BCUT2D eigenvalue weighted by Crippen LogP contribution is 2.28. The van der Waals surface area contributed by atoms with Crippen molar-refractivity contribution in [1.82, 2.24) is 4.31 Å². The maximum atomic E-state index is 13.1. The molecule has 0 spiro atoms. The average Bonchev–Trinajstić information content (AvgIpc) is 2.77. The molecule has 1 aliphatic rings. The number of carbonyl (C=O) groups is 2. The van der Waals surface area contributed by atoms with Crippen LogP contribution in [-0.4, -0.2) is 56.5 Å². The Morgan fingerprint density at radius 1 is 1.21 bits per heavy atom. The Morgan fingerprint density at radius 2 is 1.91 bits per heavy atom. The van der Waals surface area contributed by atoms with Gasteiger partial charge in [-0.05, 0) is 50.2 Å². The molecule has 9 nitrogen and oxygen atoms in total. The van der Waals surface area contributed by atoms with Crippen LogP contribution in [0, 0.1) is 11.3 Å². The lowest BCUT2D eigenvalue weighted by Gasteiger charge is -2.34. The topological polar surface area (TPSA) is 126 Å². The van der Waals surface area contributed by atoms with Crippen LogP contribution in [0.2, 0.25) is 5.02 Å². The molecule has 2 unspecified atom stereocenters. The zero-order valence-electron chi connectivity index (χ0n) is 17.9. The molecule has 0 radical (unpaired) electrons. The van der Waals surface area contributed by atoms with Crippen LogP contribution in [0.3, 0.4) is 0 Å². The number of hydrogen-bond donors (Lipinski definition) is 1. The lowest BCUT2D eigenvalue weighted by molar-refractivity contribution is -0.119. The van der Waals surface area contributed by atoms with E-state index in [0.29, 0.717) is 11.3 Å². The number of esters is 1. The Balaban J connectivity index is 1.70. The molecule has 1 heterocycles. The molecule has 2 aromatic rings. The Bertz CT molecular complexity index is 1200. The molecule has 1 saturated heterocycles. The van der Waals surface area contributed by atoms with Crippen molar-refractivity contribution in [1.29, 1.82) is 5.26 Å². The van der Waals surface area contributed by atoms with E-state index < -0.39 is 28.5 Å². The van der Waals surface area contributed by atoms with Gasteiger partial charge in [0.1, 0.15) is 4.90 Å². The van der Waals surface area contributed by atoms with Crippen LogP contribution in [0.4, 0.5) is 5.69 Å². The second-order valence-electron chi connectivity index (χ2n) is 7.54. The summed E-state index contributed by atoms with van der Waals surface area (Å²) in [6, 6.07) is 12.0. The summed E-state index contributed by atoms with van der Waals surface area (Å²) in [4.78, 5) is 24.3. The second kappa shape index (κ2) is 10.3. The Kier molecular flexibility index (Phi) is 7.71. The fourth-order valence-electron chi connectivity index (χ4n) is 3.37. The van der Waals surface area contributed by atoms with Crippen molar-refractivity contribution >= 4 is 39.2 Å². The highest BCUT2D eigenvalue weighted by atomic mass is 35.5. The first kappa shape index (κ1) is 24.7. The third-order valence-corrected chi connectivity index (χ3v) is 7.09. The first-order valence-electron chi connectivity index (χ1n) is 10.0. The van der Waals surface area contributed by atoms with Gasteiger partial charge in [0.2, 0.25) is 10.0 Å². The monoisotopic (exact) mass is 491 g/mol. The summed E-state index contributed by atoms with van der Waals surface area (Å²) < 4.78 is 38.2. The minimum atomic E-state index is -3.99. The molecular weight excluding hydrogens is 470 g/mol. The molecular formula is C22H22ClN3O6S. The highest BCUT2D eigenvalue weighted by Gasteiger charge is 2.34. The summed E-state index contributed by atoms with van der Waals surface area (Å²) in [7, 11) is -3.99. The molecule has 0 saturated carbocycles. The Morgan fingerprint density at radius 3 is 2.58 bits per heavy atom. The molecule has 3 rings (SSSR count). The number of amides is 1. The number of morpholine rings is 1. The molecule has 11 heteroatoms. The average molecular weight is 492 g/mol. The lowest BCUT2D eigenvalue weighted by Crippen LogP contribution is -2.48. The molecule has 0 aromatic heterocycles. The number of sulfonamides is 1. The van der Waals surface area contributed by atoms with Crippen molar-refractivity contribution in [2.45, 2.75) is 31.0 Å². The van der Waals surface area contributed by atoms with E-state index in [9.17, 15) is 18.0 Å². The lowest BCUT2D eigenvalue weighted by atomic mass is 10.2. The number of hydrogen-bond acceptors (Lipinski definition) is 7. The van der Waals surface area contributed by atoms with E-state index in [2.05, 4.69) is 5.32 Å². The summed E-state index contributed by atoms with van der Waals surface area (Å²) in [5.41, 5.74) is 0.680. The van der Waals surface area contributed by atoms with Crippen molar-refractivity contribution in [3.8, 4) is 6.07 Å². The van der Waals surface area contributed by atoms with Gasteiger partial charge in [0.05, 0.1) is 34.4 Å². The van der Waals surface area contributed by atoms with E-state index in [0.717, 1.165) is 6.07 Å². The Hall–Kier alpha value is -2.97. The fourth-order valence-corrected chi connectivity index (χ4v) is 5.46. The van der Waals surface area contributed by atoms with Crippen molar-refractivity contribution in [2.24, 2.45) is 0 Å². The molecule has 2 aromatic carbocycles. The van der Waals surface area contributed by atoms with Gasteiger partial charge < -0.3 is 14.8 Å². The van der Waals surface area contributed by atoms with Crippen molar-refractivity contribution < 1.29 is 27.5 Å². The maximum Gasteiger partial charge on any atom is 0.338 e. The SMILES string of the molecule is CC1CN(S(=O)(=O)c2cc(C(=O)OCC(=O)Nc3cccc(C#N)c3)ccc2Cl)CC(C)O1. The summed E-state index contributed by atoms with van der Waals surface area (Å²) >= 11 is 6.14. The molecule has 1 N–H and O–H groups in total. The number of carbonyl (C=O) groups excluding carboxylic acids is 2. The maximum absolute atomic E-state index is 13.1. The molecule has 1 aliphatic heterocycles. The van der Waals surface area contributed by atoms with E-state index in [1.807, 2.05) is 6.07 Å². The Labute approximate surface area is 196 Å². The summed E-state index contributed by atoms with van der Waals surface area (Å²) in [6.07, 6.45) is -0.578. The predicted octanol–water partition coefficient (Wildman–Crippen LogP) is 2.81. The van der Waals surface area contributed by atoms with Crippen LogP contribution in [0.15, 0.2) is 47.4 Å². The third kappa shape index (κ3) is 6.09. The summed E-state index contributed by atoms with van der Waals surface area (Å²) in [5, 5.41) is 11.4. The van der Waals surface area contributed by atoms with Gasteiger partial charge in [-0.25, -0.2) is 13.2 Å². The van der Waals surface area contributed by atoms with Gasteiger partial charge in [0.15, 0.2) is 6.61 Å². The first-order chi connectivity index (χ1) is 15.6. The van der Waals surface area contributed by atoms with Gasteiger partial charge in [0.25, 0.3) is 5.91 Å². The number of nitriles is 1. The van der Waals surface area contributed by atoms with Gasteiger partial charge in [0, 0.05) is 18.8 Å². The predicted molar refractivity (Wildman–Crippen MR) is 120 cm³/mol. The number of nitrogens with one attached hydrogen (secondary N) is 1. The van der Waals surface area contributed by atoms with Crippen molar-refractivity contribution in [2.75, 3.05) is 25.0 Å². The smallest absolute Gasteiger partial charge is 0.338 e. The molecule has 0 bridgehead atoms. The molecule has 0 aliphatic carbocycles. The van der Waals surface area contributed by atoms with E-state index >= 15 is 0 Å². The molecule has 1 fully saturated rings. The summed E-state index contributed by atoms with van der Waals surface area (Å²) in [6.45, 7) is 3.26. The zero-order chi connectivity index (χ0) is 24.2. The van der Waals surface area contributed by atoms with E-state index in [-0.39, 0.29) is 40.8 Å². The van der Waals surface area contributed by atoms with Crippen molar-refractivity contribution in [3.05, 3.63) is 58.6 Å². The van der Waals surface area contributed by atoms with Gasteiger partial charge in [-0.1, -0.05) is 17.7 Å². The van der Waals surface area contributed by atoms with E-state index in [1.165, 1.54) is 22.5 Å². The first-order valence-corrected chi connectivity index (χ1v) is 11.8. The number of anilines is 1. The number of nitrogens with zero attached hydrogens (tertiary/aromatic N) is 2. The normalized spacial score (nSPS) is 18.8. The van der Waals surface area contributed by atoms with Crippen LogP contribution in [-0.2, 0) is 24.3 Å². The zero-order valence-corrected chi connectivity index (χ0v) is 19.5. The van der Waals surface area contributed by atoms with Crippen LogP contribution in [0.25, 0.3) is 0 Å². The molecule has 174 valence electrons. The minimum absolute atomic E-state index is 0.0338. The van der Waals surface area contributed by atoms with Crippen LogP contribution >= 0.6 is 11.6 Å². The largest absolute Gasteiger partial charge is 0.452 e. The van der Waals surface area contributed by atoms with Crippen LogP contribution < -0.4 is 5.32 Å². The number of halogens is 1. The second-order valence-corrected chi connectivity index (χ2v) is 9.86.